The van der Waals surface area contributed by atoms with Crippen LogP contribution in [0.4, 0.5) is 51.2 Å². The van der Waals surface area contributed by atoms with E-state index in [1.807, 2.05) is 11.3 Å². The number of anilines is 9. The minimum Gasteiger partial charge on any atom is -0.311 e. The summed E-state index contributed by atoms with van der Waals surface area (Å²) in [4.78, 5) is 7.79. The summed E-state index contributed by atoms with van der Waals surface area (Å²) in [6.45, 7) is 19.7. The smallest absolute Gasteiger partial charge is 0.264 e. The molecular formula is C72H66BN3S. The number of benzene rings is 9. The van der Waals surface area contributed by atoms with Crippen molar-refractivity contribution in [1.29, 1.82) is 0 Å². The Labute approximate surface area is 460 Å². The molecule has 4 aliphatic rings. The largest absolute Gasteiger partial charge is 0.311 e. The molecule has 10 aromatic rings. The van der Waals surface area contributed by atoms with E-state index in [0.29, 0.717) is 0 Å². The van der Waals surface area contributed by atoms with Gasteiger partial charge >= 0.3 is 0 Å². The molecule has 0 radical (unpaired) electrons. The highest BCUT2D eigenvalue weighted by atomic mass is 32.1. The van der Waals surface area contributed by atoms with Crippen LogP contribution in [0.15, 0.2) is 206 Å². The maximum atomic E-state index is 2.73. The third-order valence-corrected chi connectivity index (χ3v) is 19.5. The van der Waals surface area contributed by atoms with E-state index in [1.165, 1.54) is 112 Å². The van der Waals surface area contributed by atoms with Gasteiger partial charge in [0.25, 0.3) is 6.71 Å². The van der Waals surface area contributed by atoms with Crippen LogP contribution in [0.25, 0.3) is 32.3 Å². The van der Waals surface area contributed by atoms with Crippen molar-refractivity contribution in [3.05, 3.63) is 229 Å². The second-order valence-corrected chi connectivity index (χ2v) is 26.1. The van der Waals surface area contributed by atoms with Crippen molar-refractivity contribution < 1.29 is 0 Å². The van der Waals surface area contributed by atoms with E-state index in [0.717, 1.165) is 35.6 Å². The average molecular weight is 1020 g/mol. The predicted molar refractivity (Wildman–Crippen MR) is 332 cm³/mol. The second kappa shape index (κ2) is 17.5. The summed E-state index contributed by atoms with van der Waals surface area (Å²) in [7, 11) is 0. The number of hydrogen-bond acceptors (Lipinski definition) is 4. The first-order chi connectivity index (χ1) is 37.1. The maximum absolute atomic E-state index is 2.73. The molecule has 0 atom stereocenters. The first-order valence-corrected chi connectivity index (χ1v) is 28.8. The van der Waals surface area contributed by atoms with Crippen molar-refractivity contribution in [2.24, 2.45) is 0 Å². The Hall–Kier alpha value is -7.60. The lowest BCUT2D eigenvalue weighted by Gasteiger charge is -2.45. The van der Waals surface area contributed by atoms with Gasteiger partial charge in [-0.05, 0) is 182 Å². The lowest BCUT2D eigenvalue weighted by atomic mass is 9.36. The topological polar surface area (TPSA) is 9.72 Å². The highest BCUT2D eigenvalue weighted by Crippen LogP contribution is 2.55. The quantitative estimate of drug-likeness (QED) is 0.147. The van der Waals surface area contributed by atoms with Gasteiger partial charge in [-0.3, -0.25) is 0 Å². The maximum Gasteiger partial charge on any atom is 0.264 e. The average Bonchev–Trinajstić information content (AvgIpc) is 4.09. The number of hydrogen-bond donors (Lipinski definition) is 0. The summed E-state index contributed by atoms with van der Waals surface area (Å²) >= 11 is 2.03. The standard InChI is InChI=1S/C72H66BN3S/c1-69(2)37-38-70(3,4)58-42-54(34-35-57(58)69)76-64-44-55(74(51-25-17-11-18-26-51)52-27-19-12-20-28-52)43-63-66(64)73(68-67(76)56-45-59-60(46-65(56)77-68)72(7,8)40-39-71(59,5)6)61-41-50(48-23-15-10-16-24-48)31-36-62(61)75(63)53-32-29-49(30-33-53)47-21-13-9-14-22-47/h9-36,41-46H,37-40H2,1-8H3. The molecule has 0 spiro atoms. The first-order valence-electron chi connectivity index (χ1n) is 28.0. The predicted octanol–water partition coefficient (Wildman–Crippen LogP) is 18.5. The van der Waals surface area contributed by atoms with E-state index in [9.17, 15) is 0 Å². The zero-order valence-electron chi connectivity index (χ0n) is 45.8. The Morgan fingerprint density at radius 2 is 0.857 bits per heavy atom. The zero-order valence-corrected chi connectivity index (χ0v) is 46.6. The lowest BCUT2D eigenvalue weighted by molar-refractivity contribution is 0.332. The van der Waals surface area contributed by atoms with Gasteiger partial charge in [0.1, 0.15) is 0 Å². The molecule has 0 saturated heterocycles. The van der Waals surface area contributed by atoms with Gasteiger partial charge in [0.15, 0.2) is 0 Å². The van der Waals surface area contributed by atoms with Gasteiger partial charge in [-0.25, -0.2) is 0 Å². The minimum absolute atomic E-state index is 0.0155. The van der Waals surface area contributed by atoms with E-state index >= 15 is 0 Å². The Balaban J connectivity index is 1.13. The minimum atomic E-state index is -0.0517. The molecule has 2 aliphatic carbocycles. The van der Waals surface area contributed by atoms with Gasteiger partial charge in [-0.2, -0.15) is 0 Å². The molecule has 0 bridgehead atoms. The van der Waals surface area contributed by atoms with Crippen molar-refractivity contribution >= 4 is 95.0 Å². The third-order valence-electron chi connectivity index (χ3n) is 18.3. The van der Waals surface area contributed by atoms with Gasteiger partial charge in [-0.15, -0.1) is 11.3 Å². The lowest BCUT2D eigenvalue weighted by Crippen LogP contribution is -2.60. The van der Waals surface area contributed by atoms with Gasteiger partial charge in [-0.1, -0.05) is 183 Å². The first kappa shape index (κ1) is 47.8. The van der Waals surface area contributed by atoms with E-state index in [-0.39, 0.29) is 28.4 Å². The molecule has 3 nitrogen and oxygen atoms in total. The summed E-state index contributed by atoms with van der Waals surface area (Å²) in [5, 5.41) is 1.35. The van der Waals surface area contributed by atoms with Crippen LogP contribution in [0.2, 0.25) is 0 Å². The Morgan fingerprint density at radius 3 is 1.44 bits per heavy atom. The zero-order chi connectivity index (χ0) is 52.6. The molecule has 9 aromatic carbocycles. The van der Waals surface area contributed by atoms with Crippen LogP contribution < -0.4 is 30.4 Å². The van der Waals surface area contributed by atoms with Crippen molar-refractivity contribution in [2.75, 3.05) is 14.7 Å². The highest BCUT2D eigenvalue weighted by molar-refractivity contribution is 7.33. The van der Waals surface area contributed by atoms with Crippen molar-refractivity contribution in [2.45, 2.75) is 103 Å². The van der Waals surface area contributed by atoms with Crippen molar-refractivity contribution in [3.8, 4) is 22.3 Å². The van der Waals surface area contributed by atoms with Crippen LogP contribution in [-0.4, -0.2) is 6.71 Å². The Kier molecular flexibility index (Phi) is 10.8. The van der Waals surface area contributed by atoms with E-state index in [1.54, 1.807) is 0 Å². The summed E-state index contributed by atoms with van der Waals surface area (Å²) in [6, 6.07) is 78.2. The van der Waals surface area contributed by atoms with Gasteiger partial charge in [0.2, 0.25) is 0 Å². The van der Waals surface area contributed by atoms with Crippen LogP contribution in [0.1, 0.15) is 103 Å². The monoisotopic (exact) mass is 1020 g/mol. The van der Waals surface area contributed by atoms with Crippen molar-refractivity contribution in [3.63, 3.8) is 0 Å². The number of rotatable bonds is 7. The molecule has 0 N–H and O–H groups in total. The third kappa shape index (κ3) is 7.66. The molecule has 2 aliphatic heterocycles. The molecule has 0 fully saturated rings. The van der Waals surface area contributed by atoms with Crippen LogP contribution in [0.5, 0.6) is 0 Å². The molecule has 77 heavy (non-hydrogen) atoms. The summed E-state index contributed by atoms with van der Waals surface area (Å²) in [5.41, 5.74) is 24.3. The summed E-state index contributed by atoms with van der Waals surface area (Å²) in [5.74, 6) is 0. The molecule has 378 valence electrons. The van der Waals surface area contributed by atoms with Crippen LogP contribution in [0.3, 0.4) is 0 Å². The van der Waals surface area contributed by atoms with Crippen molar-refractivity contribution in [1.82, 2.24) is 0 Å². The molecule has 0 unspecified atom stereocenters. The molecule has 0 amide bonds. The van der Waals surface area contributed by atoms with Gasteiger partial charge in [0, 0.05) is 54.7 Å². The van der Waals surface area contributed by atoms with Gasteiger partial charge < -0.3 is 14.7 Å². The SMILES string of the molecule is CC1(C)CCC(C)(C)c2cc(N3c4cc(N(c5ccccc5)c5ccccc5)cc5c4B(c4cc(-c6ccccc6)ccc4N5c4ccc(-c5ccccc5)cc4)c4sc5cc6c(cc5c43)C(C)(C)CCC6(C)C)ccc21. The molecule has 0 saturated carbocycles. The molecular weight excluding hydrogens is 950 g/mol. The van der Waals surface area contributed by atoms with E-state index in [4.69, 9.17) is 0 Å². The van der Waals surface area contributed by atoms with Gasteiger partial charge in [0.05, 0.1) is 11.4 Å². The summed E-state index contributed by atoms with van der Waals surface area (Å²) in [6.07, 6.45) is 4.66. The normalized spacial score (nSPS) is 17.0. The summed E-state index contributed by atoms with van der Waals surface area (Å²) < 4.78 is 2.78. The number of para-hydroxylation sites is 2. The van der Waals surface area contributed by atoms with Crippen LogP contribution in [-0.2, 0) is 21.7 Å². The molecule has 3 heterocycles. The van der Waals surface area contributed by atoms with Crippen LogP contribution in [0, 0.1) is 0 Å². The molecule has 14 rings (SSSR count). The fourth-order valence-corrected chi connectivity index (χ4v) is 15.1. The second-order valence-electron chi connectivity index (χ2n) is 25.0. The fraction of sp³-hybridized carbons (Fsp3) is 0.222. The molecule has 5 heteroatoms. The number of nitrogens with zero attached hydrogens (tertiary/aromatic N) is 3. The Morgan fingerprint density at radius 1 is 0.390 bits per heavy atom. The van der Waals surface area contributed by atoms with E-state index in [2.05, 4.69) is 276 Å². The number of fused-ring (bicyclic) bond motifs is 8. The van der Waals surface area contributed by atoms with Crippen LogP contribution >= 0.6 is 11.3 Å². The fourth-order valence-electron chi connectivity index (χ4n) is 13.8. The number of thiophene rings is 1. The Bertz CT molecular complexity index is 3890. The molecule has 1 aromatic heterocycles. The van der Waals surface area contributed by atoms with E-state index < -0.39 is 0 Å². The highest BCUT2D eigenvalue weighted by Gasteiger charge is 2.48.